The summed E-state index contributed by atoms with van der Waals surface area (Å²) in [6.45, 7) is 2.27. The van der Waals surface area contributed by atoms with E-state index < -0.39 is 17.6 Å². The first-order chi connectivity index (χ1) is 6.63. The smallest absolute Gasteiger partial charge is 0.319 e. The Morgan fingerprint density at radius 1 is 1.57 bits per heavy atom. The van der Waals surface area contributed by atoms with E-state index in [9.17, 15) is 9.18 Å². The second kappa shape index (κ2) is 4.45. The molecule has 1 aromatic carbocycles. The lowest BCUT2D eigenvalue weighted by Gasteiger charge is -2.05. The van der Waals surface area contributed by atoms with Crippen LogP contribution >= 0.6 is 0 Å². The van der Waals surface area contributed by atoms with Gasteiger partial charge in [-0.2, -0.15) is 0 Å². The van der Waals surface area contributed by atoms with Crippen LogP contribution in [-0.2, 0) is 0 Å². The highest BCUT2D eigenvalue weighted by Crippen LogP contribution is 2.18. The molecule has 1 aromatic rings. The van der Waals surface area contributed by atoms with Crippen molar-refractivity contribution in [2.75, 3.05) is 11.9 Å². The van der Waals surface area contributed by atoms with Crippen LogP contribution < -0.4 is 10.6 Å². The van der Waals surface area contributed by atoms with Crippen LogP contribution in [0.15, 0.2) is 18.2 Å². The topological polar surface area (TPSA) is 61.4 Å². The average molecular weight is 198 g/mol. The first kappa shape index (κ1) is 10.3. The molecule has 4 nitrogen and oxygen atoms in total. The zero-order valence-corrected chi connectivity index (χ0v) is 7.67. The summed E-state index contributed by atoms with van der Waals surface area (Å²) >= 11 is 0. The summed E-state index contributed by atoms with van der Waals surface area (Å²) in [5, 5.41) is 13.8. The molecular formula is C9H11FN2O2. The van der Waals surface area contributed by atoms with E-state index in [1.807, 2.05) is 0 Å². The average Bonchev–Trinajstić information content (AvgIpc) is 2.12. The molecule has 14 heavy (non-hydrogen) atoms. The van der Waals surface area contributed by atoms with E-state index in [1.54, 1.807) is 6.92 Å². The molecule has 3 N–H and O–H groups in total. The zero-order valence-electron chi connectivity index (χ0n) is 7.67. The van der Waals surface area contributed by atoms with Gasteiger partial charge in [-0.3, -0.25) is 0 Å². The number of amides is 2. The molecule has 0 saturated carbocycles. The van der Waals surface area contributed by atoms with E-state index in [0.717, 1.165) is 6.07 Å². The van der Waals surface area contributed by atoms with E-state index in [-0.39, 0.29) is 0 Å². The third-order valence-electron chi connectivity index (χ3n) is 1.54. The Hall–Kier alpha value is -1.78. The van der Waals surface area contributed by atoms with Crippen LogP contribution in [0.1, 0.15) is 6.92 Å². The molecule has 0 spiro atoms. The molecule has 0 unspecified atom stereocenters. The van der Waals surface area contributed by atoms with Crippen molar-refractivity contribution in [1.29, 1.82) is 0 Å². The zero-order chi connectivity index (χ0) is 10.6. The summed E-state index contributed by atoms with van der Waals surface area (Å²) in [4.78, 5) is 11.0. The predicted octanol–water partition coefficient (Wildman–Crippen LogP) is 1.67. The SMILES string of the molecule is CCNC(=O)Nc1ccc(O)c(F)c1. The standard InChI is InChI=1S/C9H11FN2O2/c1-2-11-9(14)12-6-3-4-8(13)7(10)5-6/h3-5,13H,2H2,1H3,(H2,11,12,14). The van der Waals surface area contributed by atoms with E-state index in [1.165, 1.54) is 12.1 Å². The highest BCUT2D eigenvalue weighted by atomic mass is 19.1. The van der Waals surface area contributed by atoms with Gasteiger partial charge in [0.05, 0.1) is 0 Å². The Labute approximate surface area is 80.7 Å². The molecule has 0 aliphatic rings. The first-order valence-corrected chi connectivity index (χ1v) is 4.17. The summed E-state index contributed by atoms with van der Waals surface area (Å²) in [5.74, 6) is -1.20. The van der Waals surface area contributed by atoms with Crippen molar-refractivity contribution >= 4 is 11.7 Å². The fraction of sp³-hybridized carbons (Fsp3) is 0.222. The van der Waals surface area contributed by atoms with Crippen molar-refractivity contribution in [2.24, 2.45) is 0 Å². The lowest BCUT2D eigenvalue weighted by molar-refractivity contribution is 0.252. The molecule has 0 atom stereocenters. The lowest BCUT2D eigenvalue weighted by atomic mass is 10.3. The van der Waals surface area contributed by atoms with E-state index >= 15 is 0 Å². The fourth-order valence-electron chi connectivity index (χ4n) is 0.920. The van der Waals surface area contributed by atoms with Crippen LogP contribution in [0.25, 0.3) is 0 Å². The number of urea groups is 1. The number of hydrogen-bond donors (Lipinski definition) is 3. The Bertz CT molecular complexity index is 342. The van der Waals surface area contributed by atoms with Gasteiger partial charge in [-0.25, -0.2) is 9.18 Å². The number of aromatic hydroxyl groups is 1. The molecule has 2 amide bonds. The quantitative estimate of drug-likeness (QED) is 0.633. The number of carbonyl (C=O) groups is 1. The van der Waals surface area contributed by atoms with Gasteiger partial charge in [-0.1, -0.05) is 0 Å². The minimum Gasteiger partial charge on any atom is -0.505 e. The van der Waals surface area contributed by atoms with Gasteiger partial charge in [0, 0.05) is 18.3 Å². The van der Waals surface area contributed by atoms with E-state index in [4.69, 9.17) is 5.11 Å². The second-order valence-electron chi connectivity index (χ2n) is 2.65. The highest BCUT2D eigenvalue weighted by molar-refractivity contribution is 5.89. The minimum atomic E-state index is -0.765. The molecule has 1 rings (SSSR count). The third kappa shape index (κ3) is 2.62. The summed E-state index contributed by atoms with van der Waals surface area (Å²) in [5.41, 5.74) is 0.297. The van der Waals surface area contributed by atoms with Crippen LogP contribution in [0.5, 0.6) is 5.75 Å². The molecule has 0 aliphatic carbocycles. The minimum absolute atomic E-state index is 0.297. The largest absolute Gasteiger partial charge is 0.505 e. The molecule has 0 aromatic heterocycles. The monoisotopic (exact) mass is 198 g/mol. The van der Waals surface area contributed by atoms with Crippen LogP contribution in [0.3, 0.4) is 0 Å². The van der Waals surface area contributed by atoms with E-state index in [2.05, 4.69) is 10.6 Å². The number of anilines is 1. The van der Waals surface area contributed by atoms with Gasteiger partial charge < -0.3 is 15.7 Å². The molecule has 0 fully saturated rings. The maximum absolute atomic E-state index is 12.8. The molecule has 0 radical (unpaired) electrons. The summed E-state index contributed by atoms with van der Waals surface area (Å²) in [6.07, 6.45) is 0. The summed E-state index contributed by atoms with van der Waals surface area (Å²) in [6, 6.07) is 3.23. The van der Waals surface area contributed by atoms with Gasteiger partial charge in [0.2, 0.25) is 0 Å². The van der Waals surface area contributed by atoms with Crippen molar-refractivity contribution in [2.45, 2.75) is 6.92 Å². The Morgan fingerprint density at radius 3 is 2.86 bits per heavy atom. The van der Waals surface area contributed by atoms with Gasteiger partial charge in [-0.15, -0.1) is 0 Å². The molecule has 0 aliphatic heterocycles. The predicted molar refractivity (Wildman–Crippen MR) is 50.8 cm³/mol. The van der Waals surface area contributed by atoms with Crippen molar-refractivity contribution in [3.05, 3.63) is 24.0 Å². The van der Waals surface area contributed by atoms with Crippen molar-refractivity contribution in [3.63, 3.8) is 0 Å². The fourth-order valence-corrected chi connectivity index (χ4v) is 0.920. The van der Waals surface area contributed by atoms with Gasteiger partial charge in [-0.05, 0) is 19.1 Å². The summed E-state index contributed by atoms with van der Waals surface area (Å²) < 4.78 is 12.8. The van der Waals surface area contributed by atoms with E-state index in [0.29, 0.717) is 12.2 Å². The van der Waals surface area contributed by atoms with Gasteiger partial charge in [0.15, 0.2) is 11.6 Å². The van der Waals surface area contributed by atoms with Gasteiger partial charge >= 0.3 is 6.03 Å². The van der Waals surface area contributed by atoms with Crippen molar-refractivity contribution < 1.29 is 14.3 Å². The highest BCUT2D eigenvalue weighted by Gasteiger charge is 2.03. The van der Waals surface area contributed by atoms with Gasteiger partial charge in [0.25, 0.3) is 0 Å². The van der Waals surface area contributed by atoms with Crippen LogP contribution in [0.2, 0.25) is 0 Å². The molecule has 76 valence electrons. The molecule has 5 heteroatoms. The first-order valence-electron chi connectivity index (χ1n) is 4.17. The Morgan fingerprint density at radius 2 is 2.29 bits per heavy atom. The number of hydrogen-bond acceptors (Lipinski definition) is 2. The molecule has 0 heterocycles. The maximum Gasteiger partial charge on any atom is 0.319 e. The Balaban J connectivity index is 2.68. The van der Waals surface area contributed by atoms with Crippen LogP contribution in [0, 0.1) is 5.82 Å². The van der Waals surface area contributed by atoms with Crippen molar-refractivity contribution in [3.8, 4) is 5.75 Å². The third-order valence-corrected chi connectivity index (χ3v) is 1.54. The number of nitrogens with one attached hydrogen (secondary N) is 2. The molecule has 0 saturated heterocycles. The van der Waals surface area contributed by atoms with Crippen LogP contribution in [0.4, 0.5) is 14.9 Å². The number of rotatable bonds is 2. The molecular weight excluding hydrogens is 187 g/mol. The number of phenols is 1. The molecule has 0 bridgehead atoms. The Kier molecular flexibility index (Phi) is 3.28. The maximum atomic E-state index is 12.8. The van der Waals surface area contributed by atoms with Crippen molar-refractivity contribution in [1.82, 2.24) is 5.32 Å². The summed E-state index contributed by atoms with van der Waals surface area (Å²) in [7, 11) is 0. The number of carbonyl (C=O) groups excluding carboxylic acids is 1. The van der Waals surface area contributed by atoms with Gasteiger partial charge in [0.1, 0.15) is 0 Å². The number of benzene rings is 1. The number of phenolic OH excluding ortho intramolecular Hbond substituents is 1. The number of halogens is 1. The van der Waals surface area contributed by atoms with Crippen LogP contribution in [-0.4, -0.2) is 17.7 Å². The normalized spacial score (nSPS) is 9.57. The second-order valence-corrected chi connectivity index (χ2v) is 2.65. The lowest BCUT2D eigenvalue weighted by Crippen LogP contribution is -2.28.